The van der Waals surface area contributed by atoms with Crippen LogP contribution in [0.15, 0.2) is 0 Å². The van der Waals surface area contributed by atoms with Crippen molar-refractivity contribution in [3.8, 4) is 0 Å². The molecule has 0 bridgehead atoms. The summed E-state index contributed by atoms with van der Waals surface area (Å²) in [6.45, 7) is 1.47. The maximum Gasteiger partial charge on any atom is 0.220 e. The zero-order valence-electron chi connectivity index (χ0n) is 7.58. The molecule has 2 rings (SSSR count). The van der Waals surface area contributed by atoms with E-state index in [0.717, 1.165) is 12.8 Å². The molecule has 2 fully saturated rings. The Kier molecular flexibility index (Phi) is 2.26. The lowest BCUT2D eigenvalue weighted by Crippen LogP contribution is -2.43. The lowest BCUT2D eigenvalue weighted by atomic mass is 9.74. The van der Waals surface area contributed by atoms with Gasteiger partial charge in [0, 0.05) is 25.0 Å². The number of hydrogen-bond donors (Lipinski definition) is 2. The fourth-order valence-electron chi connectivity index (χ4n) is 2.38. The van der Waals surface area contributed by atoms with Gasteiger partial charge in [-0.1, -0.05) is 0 Å². The van der Waals surface area contributed by atoms with E-state index in [4.69, 9.17) is 9.84 Å². The summed E-state index contributed by atoms with van der Waals surface area (Å²) < 4.78 is 5.26. The van der Waals surface area contributed by atoms with Gasteiger partial charge >= 0.3 is 0 Å². The Morgan fingerprint density at radius 3 is 2.85 bits per heavy atom. The van der Waals surface area contributed by atoms with Crippen LogP contribution in [0, 0.1) is 5.41 Å². The van der Waals surface area contributed by atoms with E-state index in [9.17, 15) is 4.79 Å². The molecule has 4 nitrogen and oxygen atoms in total. The molecular formula is C9H15NO3. The van der Waals surface area contributed by atoms with Gasteiger partial charge in [-0.3, -0.25) is 4.79 Å². The van der Waals surface area contributed by atoms with Gasteiger partial charge in [0.15, 0.2) is 0 Å². The van der Waals surface area contributed by atoms with Crippen LogP contribution in [0.25, 0.3) is 0 Å². The van der Waals surface area contributed by atoms with Crippen molar-refractivity contribution in [3.05, 3.63) is 0 Å². The Balaban J connectivity index is 2.13. The van der Waals surface area contributed by atoms with Crippen molar-refractivity contribution in [2.24, 2.45) is 5.41 Å². The highest BCUT2D eigenvalue weighted by Crippen LogP contribution is 2.41. The predicted molar refractivity (Wildman–Crippen MR) is 46.1 cm³/mol. The van der Waals surface area contributed by atoms with Crippen LogP contribution in [-0.2, 0) is 9.53 Å². The van der Waals surface area contributed by atoms with Gasteiger partial charge in [-0.2, -0.15) is 0 Å². The summed E-state index contributed by atoms with van der Waals surface area (Å²) in [5.74, 6) is 0.0703. The quantitative estimate of drug-likeness (QED) is 0.588. The van der Waals surface area contributed by atoms with Crippen LogP contribution in [0.3, 0.4) is 0 Å². The first-order valence-electron chi connectivity index (χ1n) is 4.75. The summed E-state index contributed by atoms with van der Waals surface area (Å²) in [5.41, 5.74) is -0.0237. The molecule has 0 saturated carbocycles. The third-order valence-electron chi connectivity index (χ3n) is 3.26. The molecule has 1 amide bonds. The number of ether oxygens (including phenoxy) is 1. The van der Waals surface area contributed by atoms with Crippen molar-refractivity contribution in [2.45, 2.75) is 25.3 Å². The van der Waals surface area contributed by atoms with Gasteiger partial charge in [0.25, 0.3) is 0 Å². The Morgan fingerprint density at radius 2 is 2.23 bits per heavy atom. The second kappa shape index (κ2) is 3.27. The Bertz CT molecular complexity index is 211. The van der Waals surface area contributed by atoms with Gasteiger partial charge in [-0.05, 0) is 12.8 Å². The second-order valence-electron chi connectivity index (χ2n) is 3.95. The topological polar surface area (TPSA) is 58.6 Å². The van der Waals surface area contributed by atoms with Crippen molar-refractivity contribution >= 4 is 5.91 Å². The number of aliphatic hydroxyl groups is 1. The molecule has 2 heterocycles. The average Bonchev–Trinajstić information content (AvgIpc) is 2.43. The highest BCUT2D eigenvalue weighted by molar-refractivity contribution is 5.80. The molecule has 2 aliphatic heterocycles. The molecule has 0 radical (unpaired) electrons. The van der Waals surface area contributed by atoms with Gasteiger partial charge in [0.2, 0.25) is 5.91 Å². The molecule has 1 spiro atoms. The average molecular weight is 185 g/mol. The first-order valence-corrected chi connectivity index (χ1v) is 4.75. The van der Waals surface area contributed by atoms with Gasteiger partial charge in [0.1, 0.15) is 0 Å². The maximum absolute atomic E-state index is 11.2. The minimum absolute atomic E-state index is 0.0237. The van der Waals surface area contributed by atoms with Gasteiger partial charge in [-0.25, -0.2) is 0 Å². The summed E-state index contributed by atoms with van der Waals surface area (Å²) in [4.78, 5) is 11.2. The van der Waals surface area contributed by atoms with Crippen molar-refractivity contribution < 1.29 is 14.6 Å². The van der Waals surface area contributed by atoms with Crippen molar-refractivity contribution in [1.82, 2.24) is 5.32 Å². The van der Waals surface area contributed by atoms with E-state index in [-0.39, 0.29) is 24.0 Å². The van der Waals surface area contributed by atoms with Crippen LogP contribution in [0.2, 0.25) is 0 Å². The summed E-state index contributed by atoms with van der Waals surface area (Å²) in [7, 11) is 0. The Labute approximate surface area is 77.3 Å². The molecule has 0 aromatic heterocycles. The number of nitrogens with one attached hydrogen (secondary N) is 1. The summed E-state index contributed by atoms with van der Waals surface area (Å²) in [5, 5.41) is 12.0. The third kappa shape index (κ3) is 1.44. The van der Waals surface area contributed by atoms with Crippen LogP contribution < -0.4 is 5.32 Å². The zero-order chi connectivity index (χ0) is 9.31. The number of aliphatic hydroxyl groups excluding tert-OH is 1. The molecule has 2 saturated heterocycles. The van der Waals surface area contributed by atoms with E-state index in [1.807, 2.05) is 0 Å². The summed E-state index contributed by atoms with van der Waals surface area (Å²) in [6.07, 6.45) is 2.33. The second-order valence-corrected chi connectivity index (χ2v) is 3.95. The molecule has 2 aliphatic rings. The van der Waals surface area contributed by atoms with Crippen molar-refractivity contribution in [1.29, 1.82) is 0 Å². The lowest BCUT2D eigenvalue weighted by Gasteiger charge is -2.36. The van der Waals surface area contributed by atoms with E-state index in [0.29, 0.717) is 19.6 Å². The molecular weight excluding hydrogens is 170 g/mol. The number of carbonyl (C=O) groups is 1. The summed E-state index contributed by atoms with van der Waals surface area (Å²) >= 11 is 0. The first-order chi connectivity index (χ1) is 6.27. The van der Waals surface area contributed by atoms with Crippen LogP contribution in [0.1, 0.15) is 19.3 Å². The fraction of sp³-hybridized carbons (Fsp3) is 0.889. The first kappa shape index (κ1) is 8.97. The smallest absolute Gasteiger partial charge is 0.220 e. The maximum atomic E-state index is 11.2. The van der Waals surface area contributed by atoms with Crippen LogP contribution in [0.5, 0.6) is 0 Å². The molecule has 1 unspecified atom stereocenters. The Hall–Kier alpha value is -0.610. The normalized spacial score (nSPS) is 32.1. The standard InChI is InChI=1S/C9H15NO3/c11-6-7-9(5-8(12)10-7)1-3-13-4-2-9/h7,11H,1-6H2,(H,10,12). The van der Waals surface area contributed by atoms with E-state index >= 15 is 0 Å². The monoisotopic (exact) mass is 185 g/mol. The van der Waals surface area contributed by atoms with Gasteiger partial charge in [-0.15, -0.1) is 0 Å². The largest absolute Gasteiger partial charge is 0.394 e. The lowest BCUT2D eigenvalue weighted by molar-refractivity contribution is -0.120. The molecule has 13 heavy (non-hydrogen) atoms. The number of amides is 1. The number of carbonyl (C=O) groups excluding carboxylic acids is 1. The van der Waals surface area contributed by atoms with Crippen LogP contribution >= 0.6 is 0 Å². The van der Waals surface area contributed by atoms with Crippen LogP contribution in [-0.4, -0.2) is 36.9 Å². The van der Waals surface area contributed by atoms with Crippen LogP contribution in [0.4, 0.5) is 0 Å². The van der Waals surface area contributed by atoms with Crippen molar-refractivity contribution in [3.63, 3.8) is 0 Å². The highest BCUT2D eigenvalue weighted by atomic mass is 16.5. The minimum Gasteiger partial charge on any atom is -0.394 e. The van der Waals surface area contributed by atoms with E-state index in [1.54, 1.807) is 0 Å². The summed E-state index contributed by atoms with van der Waals surface area (Å²) in [6, 6.07) is -0.0519. The third-order valence-corrected chi connectivity index (χ3v) is 3.26. The molecule has 0 aromatic rings. The van der Waals surface area contributed by atoms with Gasteiger partial charge in [0.05, 0.1) is 12.6 Å². The molecule has 2 N–H and O–H groups in total. The van der Waals surface area contributed by atoms with E-state index in [1.165, 1.54) is 0 Å². The molecule has 0 aromatic carbocycles. The number of rotatable bonds is 1. The van der Waals surface area contributed by atoms with E-state index in [2.05, 4.69) is 5.32 Å². The molecule has 0 aliphatic carbocycles. The minimum atomic E-state index is -0.0519. The number of hydrogen-bond acceptors (Lipinski definition) is 3. The van der Waals surface area contributed by atoms with Gasteiger partial charge < -0.3 is 15.2 Å². The molecule has 4 heteroatoms. The molecule has 1 atom stereocenters. The zero-order valence-corrected chi connectivity index (χ0v) is 7.58. The van der Waals surface area contributed by atoms with E-state index < -0.39 is 0 Å². The molecule has 74 valence electrons. The Morgan fingerprint density at radius 1 is 1.54 bits per heavy atom. The van der Waals surface area contributed by atoms with Crippen molar-refractivity contribution in [2.75, 3.05) is 19.8 Å². The SMILES string of the molecule is O=C1CC2(CCOCC2)C(CO)N1. The predicted octanol–water partition coefficient (Wildman–Crippen LogP) is -0.336. The fourth-order valence-corrected chi connectivity index (χ4v) is 2.38. The highest BCUT2D eigenvalue weighted by Gasteiger charge is 2.47.